The summed E-state index contributed by atoms with van der Waals surface area (Å²) in [7, 11) is 0. The number of nitrogens with zero attached hydrogens (tertiary/aromatic N) is 4. The van der Waals surface area contributed by atoms with Gasteiger partial charge in [0.15, 0.2) is 5.76 Å². The quantitative estimate of drug-likeness (QED) is 0.275. The fourth-order valence-corrected chi connectivity index (χ4v) is 5.77. The van der Waals surface area contributed by atoms with Crippen molar-refractivity contribution in [3.05, 3.63) is 65.5 Å². The first-order valence-corrected chi connectivity index (χ1v) is 14.4. The molecule has 1 unspecified atom stereocenters. The van der Waals surface area contributed by atoms with Gasteiger partial charge in [-0.3, -0.25) is 19.1 Å². The zero-order valence-electron chi connectivity index (χ0n) is 23.8. The van der Waals surface area contributed by atoms with Crippen LogP contribution < -0.4 is 16.4 Å². The van der Waals surface area contributed by atoms with E-state index in [2.05, 4.69) is 35.8 Å². The van der Waals surface area contributed by atoms with Gasteiger partial charge < -0.3 is 20.8 Å². The maximum atomic E-state index is 13.2. The Morgan fingerprint density at radius 1 is 1.05 bits per heavy atom. The summed E-state index contributed by atoms with van der Waals surface area (Å²) in [6, 6.07) is 14.8. The molecule has 4 N–H and O–H groups in total. The van der Waals surface area contributed by atoms with Crippen LogP contribution in [0.25, 0.3) is 21.9 Å². The van der Waals surface area contributed by atoms with E-state index < -0.39 is 11.9 Å². The number of fused-ring (bicyclic) bond motifs is 2. The lowest BCUT2D eigenvalue weighted by Gasteiger charge is -2.36. The van der Waals surface area contributed by atoms with Crippen LogP contribution in [0.4, 0.5) is 5.69 Å². The summed E-state index contributed by atoms with van der Waals surface area (Å²) in [6.45, 7) is 8.94. The summed E-state index contributed by atoms with van der Waals surface area (Å²) < 4.78 is 7.20. The minimum absolute atomic E-state index is 0.0993. The Labute approximate surface area is 240 Å². The number of nitriles is 1. The van der Waals surface area contributed by atoms with Gasteiger partial charge in [-0.05, 0) is 86.2 Å². The summed E-state index contributed by atoms with van der Waals surface area (Å²) >= 11 is 0. The molecule has 41 heavy (non-hydrogen) atoms. The molecule has 9 nitrogen and oxygen atoms in total. The van der Waals surface area contributed by atoms with E-state index in [0.29, 0.717) is 23.5 Å². The maximum absolute atomic E-state index is 13.2. The van der Waals surface area contributed by atoms with Crippen LogP contribution in [0.2, 0.25) is 0 Å². The van der Waals surface area contributed by atoms with Crippen LogP contribution in [0.1, 0.15) is 59.6 Å². The molecule has 0 saturated carbocycles. The molecule has 3 heterocycles. The number of aromatic nitrogens is 1. The lowest BCUT2D eigenvalue weighted by atomic mass is 10.0. The number of primary amides is 1. The first-order chi connectivity index (χ1) is 19.7. The number of carbonyl (C=O) groups is 2. The second-order valence-electron chi connectivity index (χ2n) is 11.4. The number of unbranched alkanes of at least 4 members (excludes halogenated alkanes) is 1. The topological polar surface area (TPSA) is 135 Å². The Morgan fingerprint density at radius 3 is 2.54 bits per heavy atom. The van der Waals surface area contributed by atoms with Gasteiger partial charge >= 0.3 is 0 Å². The van der Waals surface area contributed by atoms with Gasteiger partial charge in [-0.25, -0.2) is 0 Å². The molecular weight excluding hydrogens is 516 g/mol. The average Bonchev–Trinajstić information content (AvgIpc) is 3.56. The van der Waals surface area contributed by atoms with Gasteiger partial charge in [-0.2, -0.15) is 5.26 Å². The molecule has 4 aromatic rings. The number of hydrogen-bond acceptors (Lipinski definition) is 7. The summed E-state index contributed by atoms with van der Waals surface area (Å²) in [4.78, 5) is 29.4. The molecule has 1 fully saturated rings. The maximum Gasteiger partial charge on any atom is 0.284 e. The van der Waals surface area contributed by atoms with Crippen molar-refractivity contribution in [1.82, 2.24) is 9.47 Å². The fraction of sp³-hybridized carbons (Fsp3) is 0.406. The van der Waals surface area contributed by atoms with E-state index in [-0.39, 0.29) is 11.7 Å². The molecule has 1 amide bonds. The highest BCUT2D eigenvalue weighted by atomic mass is 16.3. The molecule has 5 rings (SSSR count). The van der Waals surface area contributed by atoms with Crippen LogP contribution >= 0.6 is 0 Å². The van der Waals surface area contributed by atoms with Gasteiger partial charge in [0, 0.05) is 48.8 Å². The third-order valence-corrected chi connectivity index (χ3v) is 7.95. The number of anilines is 1. The zero-order valence-corrected chi connectivity index (χ0v) is 23.8. The highest BCUT2D eigenvalue weighted by molar-refractivity contribution is 5.97. The van der Waals surface area contributed by atoms with Crippen LogP contribution in [0.5, 0.6) is 0 Å². The van der Waals surface area contributed by atoms with Crippen molar-refractivity contribution in [1.29, 1.82) is 5.26 Å². The van der Waals surface area contributed by atoms with Crippen molar-refractivity contribution >= 4 is 39.4 Å². The predicted molar refractivity (Wildman–Crippen MR) is 161 cm³/mol. The highest BCUT2D eigenvalue weighted by Crippen LogP contribution is 2.27. The van der Waals surface area contributed by atoms with E-state index >= 15 is 0 Å². The third kappa shape index (κ3) is 6.29. The summed E-state index contributed by atoms with van der Waals surface area (Å²) in [6.07, 6.45) is 5.43. The Hall–Kier alpha value is -4.13. The van der Waals surface area contributed by atoms with E-state index in [1.165, 1.54) is 0 Å². The van der Waals surface area contributed by atoms with E-state index in [9.17, 15) is 14.9 Å². The normalized spacial score (nSPS) is 15.0. The number of aryl methyl sites for hydroxylation is 1. The number of nitrogens with two attached hydrogens (primary N) is 2. The molecule has 1 atom stereocenters. The van der Waals surface area contributed by atoms with Gasteiger partial charge in [-0.1, -0.05) is 13.8 Å². The predicted octanol–water partition coefficient (Wildman–Crippen LogP) is 4.52. The number of carbonyl (C=O) groups excluding carboxylic acids is 2. The molecule has 0 spiro atoms. The Balaban J connectivity index is 1.16. The van der Waals surface area contributed by atoms with Gasteiger partial charge in [0.25, 0.3) is 5.91 Å². The average molecular weight is 555 g/mol. The Morgan fingerprint density at radius 2 is 1.83 bits per heavy atom. The molecule has 9 heteroatoms. The number of hydrogen-bond donors (Lipinski definition) is 2. The van der Waals surface area contributed by atoms with Gasteiger partial charge in [0.05, 0.1) is 23.2 Å². The van der Waals surface area contributed by atoms with Crippen LogP contribution in [-0.4, -0.2) is 60.0 Å². The minimum atomic E-state index is -0.562. The molecule has 0 radical (unpaired) electrons. The van der Waals surface area contributed by atoms with Gasteiger partial charge in [0.2, 0.25) is 5.91 Å². The van der Waals surface area contributed by atoms with Crippen LogP contribution in [0.15, 0.2) is 53.1 Å². The fourth-order valence-electron chi connectivity index (χ4n) is 5.77. The zero-order chi connectivity index (χ0) is 29.1. The largest absolute Gasteiger partial charge is 0.451 e. The molecule has 1 aliphatic heterocycles. The van der Waals surface area contributed by atoms with Crippen LogP contribution in [0, 0.1) is 17.2 Å². The molecule has 0 aliphatic carbocycles. The molecule has 2 aromatic carbocycles. The number of benzene rings is 2. The Bertz CT molecular complexity index is 1600. The Kier molecular flexibility index (Phi) is 8.43. The molecule has 1 saturated heterocycles. The van der Waals surface area contributed by atoms with Crippen LogP contribution in [0.3, 0.4) is 0 Å². The minimum Gasteiger partial charge on any atom is -0.451 e. The van der Waals surface area contributed by atoms with E-state index in [1.54, 1.807) is 16.7 Å². The van der Waals surface area contributed by atoms with Crippen molar-refractivity contribution < 1.29 is 14.0 Å². The van der Waals surface area contributed by atoms with Crippen LogP contribution in [-0.2, 0) is 6.42 Å². The second kappa shape index (κ2) is 12.2. The smallest absolute Gasteiger partial charge is 0.284 e. The standard InChI is InChI=1S/C32H38N6O3/c1-21(2)15-27(34)32(40)38-20-23(26-16-22(19-33)6-8-28(26)38)5-3-4-10-36-11-13-37(14-12-36)25-7-9-29-24(17-25)18-30(41-29)31(35)39/h6-9,16-18,20-21,27H,3-5,10-15,34H2,1-2H3,(H2,35,39). The van der Waals surface area contributed by atoms with Crippen molar-refractivity contribution in [2.24, 2.45) is 17.4 Å². The van der Waals surface area contributed by atoms with Crippen molar-refractivity contribution in [2.45, 2.75) is 45.6 Å². The molecule has 0 bridgehead atoms. The highest BCUT2D eigenvalue weighted by Gasteiger charge is 2.21. The molecule has 214 valence electrons. The monoisotopic (exact) mass is 554 g/mol. The number of rotatable bonds is 10. The summed E-state index contributed by atoms with van der Waals surface area (Å²) in [5, 5.41) is 11.3. The summed E-state index contributed by atoms with van der Waals surface area (Å²) in [5.41, 5.74) is 15.9. The van der Waals surface area contributed by atoms with E-state index in [4.69, 9.17) is 15.9 Å². The molecule has 2 aromatic heterocycles. The van der Waals surface area contributed by atoms with Crippen molar-refractivity contribution in [3.63, 3.8) is 0 Å². The number of amides is 1. The third-order valence-electron chi connectivity index (χ3n) is 7.95. The SMILES string of the molecule is CC(C)CC(N)C(=O)n1cc(CCCCN2CCN(c3ccc4oc(C(N)=O)cc4c3)CC2)c2cc(C#N)ccc21. The van der Waals surface area contributed by atoms with Crippen molar-refractivity contribution in [2.75, 3.05) is 37.6 Å². The molecular formula is C32H38N6O3. The number of piperazine rings is 1. The van der Waals surface area contributed by atoms with Crippen molar-refractivity contribution in [3.8, 4) is 6.07 Å². The first kappa shape index (κ1) is 28.4. The van der Waals surface area contributed by atoms with Gasteiger partial charge in [-0.15, -0.1) is 0 Å². The second-order valence-corrected chi connectivity index (χ2v) is 11.4. The lowest BCUT2D eigenvalue weighted by Crippen LogP contribution is -2.46. The first-order valence-electron chi connectivity index (χ1n) is 14.4. The summed E-state index contributed by atoms with van der Waals surface area (Å²) in [5.74, 6) is -0.150. The lowest BCUT2D eigenvalue weighted by molar-refractivity contribution is 0.0873. The van der Waals surface area contributed by atoms with E-state index in [0.717, 1.165) is 79.5 Å². The molecule has 1 aliphatic rings. The van der Waals surface area contributed by atoms with Gasteiger partial charge in [0.1, 0.15) is 5.58 Å². The van der Waals surface area contributed by atoms with E-state index in [1.807, 2.05) is 30.5 Å². The number of furan rings is 1.